The Labute approximate surface area is 166 Å². The number of para-hydroxylation sites is 1. The van der Waals surface area contributed by atoms with E-state index in [1.807, 2.05) is 37.3 Å². The molecule has 0 atom stereocenters. The number of hydrogen-bond donors (Lipinski definition) is 0. The molecule has 0 radical (unpaired) electrons. The molecule has 1 saturated heterocycles. The summed E-state index contributed by atoms with van der Waals surface area (Å²) in [6.07, 6.45) is 1.76. The first-order chi connectivity index (χ1) is 12.5. The third kappa shape index (κ3) is 3.72. The number of methoxy groups -OCH3 is 1. The van der Waals surface area contributed by atoms with E-state index in [0.29, 0.717) is 32.4 Å². The van der Waals surface area contributed by atoms with Crippen LogP contribution >= 0.6 is 35.6 Å². The molecule has 2 aromatic rings. The van der Waals surface area contributed by atoms with E-state index in [2.05, 4.69) is 0 Å². The number of benzene rings is 2. The zero-order chi connectivity index (χ0) is 18.7. The number of carbonyl (C=O) groups excluding carboxylic acids is 1. The summed E-state index contributed by atoms with van der Waals surface area (Å²) < 4.78 is 11.4. The van der Waals surface area contributed by atoms with Crippen molar-refractivity contribution in [1.82, 2.24) is 0 Å². The molecular formula is C19H16ClNO3S2. The fourth-order valence-electron chi connectivity index (χ4n) is 2.55. The number of hydrogen-bond acceptors (Lipinski definition) is 5. The van der Waals surface area contributed by atoms with Gasteiger partial charge in [0.15, 0.2) is 15.8 Å². The molecule has 0 unspecified atom stereocenters. The highest BCUT2D eigenvalue weighted by Crippen LogP contribution is 2.39. The van der Waals surface area contributed by atoms with E-state index in [1.165, 1.54) is 23.8 Å². The first kappa shape index (κ1) is 18.8. The molecule has 0 aliphatic carbocycles. The van der Waals surface area contributed by atoms with Crippen molar-refractivity contribution in [2.24, 2.45) is 0 Å². The molecule has 3 rings (SSSR count). The van der Waals surface area contributed by atoms with Gasteiger partial charge in [-0.25, -0.2) is 0 Å². The number of rotatable bonds is 5. The Morgan fingerprint density at radius 3 is 2.65 bits per heavy atom. The molecule has 0 spiro atoms. The minimum absolute atomic E-state index is 0.156. The van der Waals surface area contributed by atoms with E-state index >= 15 is 0 Å². The molecule has 26 heavy (non-hydrogen) atoms. The average molecular weight is 406 g/mol. The van der Waals surface area contributed by atoms with Crippen LogP contribution in [0.15, 0.2) is 47.4 Å². The van der Waals surface area contributed by atoms with Crippen LogP contribution in [0.4, 0.5) is 5.69 Å². The van der Waals surface area contributed by atoms with Crippen LogP contribution in [0, 0.1) is 0 Å². The Balaban J connectivity index is 1.96. The lowest BCUT2D eigenvalue weighted by atomic mass is 10.1. The summed E-state index contributed by atoms with van der Waals surface area (Å²) in [5, 5.41) is 0.420. The van der Waals surface area contributed by atoms with Crippen LogP contribution in [0.2, 0.25) is 5.02 Å². The fraction of sp³-hybridized carbons (Fsp3) is 0.158. The molecule has 1 amide bonds. The first-order valence-corrected chi connectivity index (χ1v) is 9.48. The fourth-order valence-corrected chi connectivity index (χ4v) is 4.15. The van der Waals surface area contributed by atoms with E-state index < -0.39 is 0 Å². The zero-order valence-corrected chi connectivity index (χ0v) is 16.6. The van der Waals surface area contributed by atoms with E-state index in [0.717, 1.165) is 11.3 Å². The minimum Gasteiger partial charge on any atom is -0.491 e. The maximum absolute atomic E-state index is 12.8. The maximum Gasteiger partial charge on any atom is 0.270 e. The first-order valence-electron chi connectivity index (χ1n) is 7.88. The van der Waals surface area contributed by atoms with Crippen molar-refractivity contribution < 1.29 is 14.3 Å². The Hall–Kier alpha value is -2.02. The molecule has 4 nitrogen and oxygen atoms in total. The highest BCUT2D eigenvalue weighted by Gasteiger charge is 2.33. The molecule has 1 aliphatic rings. The van der Waals surface area contributed by atoms with Crippen molar-refractivity contribution in [3.8, 4) is 11.5 Å². The van der Waals surface area contributed by atoms with Gasteiger partial charge in [-0.05, 0) is 42.8 Å². The standard InChI is InChI=1S/C19H16ClNO3S2/c1-3-24-15-10-12(9-14(20)17(15)23-2)11-16-18(22)21(19(25)26-16)13-7-5-4-6-8-13/h4-11H,3H2,1-2H3/b16-11-. The van der Waals surface area contributed by atoms with Crippen molar-refractivity contribution in [2.75, 3.05) is 18.6 Å². The van der Waals surface area contributed by atoms with Gasteiger partial charge in [0.25, 0.3) is 5.91 Å². The van der Waals surface area contributed by atoms with Gasteiger partial charge in [0.1, 0.15) is 0 Å². The van der Waals surface area contributed by atoms with E-state index in [4.69, 9.17) is 33.3 Å². The van der Waals surface area contributed by atoms with Gasteiger partial charge in [0, 0.05) is 0 Å². The number of halogens is 1. The van der Waals surface area contributed by atoms with Gasteiger partial charge in [0.05, 0.1) is 29.3 Å². The lowest BCUT2D eigenvalue weighted by Crippen LogP contribution is -2.27. The van der Waals surface area contributed by atoms with Gasteiger partial charge in [0.2, 0.25) is 0 Å². The van der Waals surface area contributed by atoms with Crippen molar-refractivity contribution in [1.29, 1.82) is 0 Å². The van der Waals surface area contributed by atoms with Crippen LogP contribution in [0.3, 0.4) is 0 Å². The molecule has 7 heteroatoms. The number of amides is 1. The number of ether oxygens (including phenoxy) is 2. The summed E-state index contributed by atoms with van der Waals surface area (Å²) in [5.41, 5.74) is 1.49. The van der Waals surface area contributed by atoms with Crippen molar-refractivity contribution >= 4 is 57.6 Å². The molecular weight excluding hydrogens is 390 g/mol. The minimum atomic E-state index is -0.156. The molecule has 0 aromatic heterocycles. The predicted octanol–water partition coefficient (Wildman–Crippen LogP) is 5.15. The normalized spacial score (nSPS) is 15.7. The van der Waals surface area contributed by atoms with E-state index in [9.17, 15) is 4.79 Å². The molecule has 1 heterocycles. The maximum atomic E-state index is 12.8. The molecule has 2 aromatic carbocycles. The SMILES string of the molecule is CCOc1cc(/C=C2\SC(=S)N(c3ccccc3)C2=O)cc(Cl)c1OC. The van der Waals surface area contributed by atoms with Crippen LogP contribution in [0.5, 0.6) is 11.5 Å². The van der Waals surface area contributed by atoms with Gasteiger partial charge in [-0.2, -0.15) is 0 Å². The van der Waals surface area contributed by atoms with Gasteiger partial charge >= 0.3 is 0 Å². The molecule has 1 aliphatic heterocycles. The number of thiocarbonyl (C=S) groups is 1. The van der Waals surface area contributed by atoms with Gasteiger partial charge in [-0.3, -0.25) is 9.69 Å². The number of thioether (sulfide) groups is 1. The van der Waals surface area contributed by atoms with Crippen LogP contribution in [0.25, 0.3) is 6.08 Å². The highest BCUT2D eigenvalue weighted by molar-refractivity contribution is 8.27. The second kappa shape index (κ2) is 8.12. The Morgan fingerprint density at radius 1 is 1.27 bits per heavy atom. The molecule has 0 bridgehead atoms. The predicted molar refractivity (Wildman–Crippen MR) is 111 cm³/mol. The third-order valence-corrected chi connectivity index (χ3v) is 5.22. The lowest BCUT2D eigenvalue weighted by molar-refractivity contribution is -0.113. The molecule has 1 fully saturated rings. The second-order valence-electron chi connectivity index (χ2n) is 5.32. The van der Waals surface area contributed by atoms with Crippen LogP contribution in [0.1, 0.15) is 12.5 Å². The second-order valence-corrected chi connectivity index (χ2v) is 7.40. The smallest absolute Gasteiger partial charge is 0.270 e. The highest BCUT2D eigenvalue weighted by atomic mass is 35.5. The van der Waals surface area contributed by atoms with Crippen molar-refractivity contribution in [2.45, 2.75) is 6.92 Å². The van der Waals surface area contributed by atoms with Crippen LogP contribution in [-0.4, -0.2) is 23.9 Å². The Kier molecular flexibility index (Phi) is 5.86. The van der Waals surface area contributed by atoms with Crippen molar-refractivity contribution in [3.05, 3.63) is 58.0 Å². The summed E-state index contributed by atoms with van der Waals surface area (Å²) >= 11 is 12.9. The lowest BCUT2D eigenvalue weighted by Gasteiger charge is -2.14. The summed E-state index contributed by atoms with van der Waals surface area (Å²) in [7, 11) is 1.54. The number of carbonyl (C=O) groups is 1. The van der Waals surface area contributed by atoms with Crippen LogP contribution in [-0.2, 0) is 4.79 Å². The van der Waals surface area contributed by atoms with Gasteiger partial charge in [-0.1, -0.05) is 53.8 Å². The molecule has 0 saturated carbocycles. The van der Waals surface area contributed by atoms with Gasteiger partial charge in [-0.15, -0.1) is 0 Å². The van der Waals surface area contributed by atoms with Crippen molar-refractivity contribution in [3.63, 3.8) is 0 Å². The number of anilines is 1. The largest absolute Gasteiger partial charge is 0.491 e. The summed E-state index contributed by atoms with van der Waals surface area (Å²) in [5.74, 6) is 0.853. The third-order valence-electron chi connectivity index (χ3n) is 3.64. The van der Waals surface area contributed by atoms with Crippen LogP contribution < -0.4 is 14.4 Å². The summed E-state index contributed by atoms with van der Waals surface area (Å²) in [6, 6.07) is 12.9. The summed E-state index contributed by atoms with van der Waals surface area (Å²) in [6.45, 7) is 2.36. The average Bonchev–Trinajstić information content (AvgIpc) is 2.89. The van der Waals surface area contributed by atoms with Gasteiger partial charge < -0.3 is 9.47 Å². The van der Waals surface area contributed by atoms with E-state index in [1.54, 1.807) is 18.2 Å². The monoisotopic (exact) mass is 405 g/mol. The zero-order valence-electron chi connectivity index (χ0n) is 14.2. The van der Waals surface area contributed by atoms with E-state index in [-0.39, 0.29) is 5.91 Å². The summed E-state index contributed by atoms with van der Waals surface area (Å²) in [4.78, 5) is 14.9. The molecule has 0 N–H and O–H groups in total. The Bertz CT molecular complexity index is 884. The Morgan fingerprint density at radius 2 is 2.00 bits per heavy atom. The number of nitrogens with zero attached hydrogens (tertiary/aromatic N) is 1. The topological polar surface area (TPSA) is 38.8 Å². The molecule has 134 valence electrons. The quantitative estimate of drug-likeness (QED) is 0.508.